The van der Waals surface area contributed by atoms with Gasteiger partial charge >= 0.3 is 11.9 Å². The van der Waals surface area contributed by atoms with E-state index in [-0.39, 0.29) is 27.6 Å². The summed E-state index contributed by atoms with van der Waals surface area (Å²) in [6, 6.07) is 10.7. The Bertz CT molecular complexity index is 1110. The Kier molecular flexibility index (Phi) is 5.47. The SMILES string of the molecule is O=C(Oc1ccc(Cl)cc1OC(=O)c1ccc(O)c(O)c1)c1ccc(O)c(O)c1. The van der Waals surface area contributed by atoms with Gasteiger partial charge in [0.15, 0.2) is 34.5 Å². The van der Waals surface area contributed by atoms with Crippen LogP contribution < -0.4 is 9.47 Å². The van der Waals surface area contributed by atoms with Crippen molar-refractivity contribution in [2.24, 2.45) is 0 Å². The Labute approximate surface area is 168 Å². The molecule has 0 amide bonds. The zero-order chi connectivity index (χ0) is 21.1. The van der Waals surface area contributed by atoms with Crippen molar-refractivity contribution in [3.63, 3.8) is 0 Å². The van der Waals surface area contributed by atoms with Gasteiger partial charge in [0.25, 0.3) is 0 Å². The maximum Gasteiger partial charge on any atom is 0.343 e. The van der Waals surface area contributed by atoms with Gasteiger partial charge in [-0.05, 0) is 48.5 Å². The summed E-state index contributed by atoms with van der Waals surface area (Å²) >= 11 is 5.92. The largest absolute Gasteiger partial charge is 0.504 e. The van der Waals surface area contributed by atoms with E-state index in [1.54, 1.807) is 0 Å². The van der Waals surface area contributed by atoms with Gasteiger partial charge in [-0.1, -0.05) is 11.6 Å². The fraction of sp³-hybridized carbons (Fsp3) is 0. The third-order valence-corrected chi connectivity index (χ3v) is 3.97. The van der Waals surface area contributed by atoms with Gasteiger partial charge in [0.05, 0.1) is 11.1 Å². The molecular weight excluding hydrogens is 404 g/mol. The van der Waals surface area contributed by atoms with Gasteiger partial charge in [0, 0.05) is 11.1 Å². The minimum absolute atomic E-state index is 0.0593. The van der Waals surface area contributed by atoms with Crippen LogP contribution in [0.2, 0.25) is 5.02 Å². The number of hydrogen-bond donors (Lipinski definition) is 4. The number of benzene rings is 3. The number of rotatable bonds is 4. The molecule has 0 aromatic heterocycles. The summed E-state index contributed by atoms with van der Waals surface area (Å²) in [5.74, 6) is -3.92. The average Bonchev–Trinajstić information content (AvgIpc) is 2.68. The summed E-state index contributed by atoms with van der Waals surface area (Å²) in [6.07, 6.45) is 0. The molecule has 0 aliphatic carbocycles. The van der Waals surface area contributed by atoms with Crippen LogP contribution in [0.4, 0.5) is 0 Å². The average molecular weight is 417 g/mol. The van der Waals surface area contributed by atoms with Crippen LogP contribution in [-0.4, -0.2) is 32.4 Å². The number of carbonyl (C=O) groups excluding carboxylic acids is 2. The van der Waals surface area contributed by atoms with Gasteiger partial charge < -0.3 is 29.9 Å². The molecule has 0 bridgehead atoms. The van der Waals surface area contributed by atoms with Crippen LogP contribution in [0, 0.1) is 0 Å². The smallest absolute Gasteiger partial charge is 0.343 e. The number of carbonyl (C=O) groups is 2. The number of phenols is 4. The number of halogens is 1. The minimum Gasteiger partial charge on any atom is -0.504 e. The molecule has 29 heavy (non-hydrogen) atoms. The number of hydrogen-bond acceptors (Lipinski definition) is 8. The van der Waals surface area contributed by atoms with Crippen LogP contribution in [0.1, 0.15) is 20.7 Å². The number of ether oxygens (including phenoxy) is 2. The highest BCUT2D eigenvalue weighted by atomic mass is 35.5. The first kappa shape index (κ1) is 19.8. The van der Waals surface area contributed by atoms with Crippen LogP contribution in [0.3, 0.4) is 0 Å². The molecule has 3 aromatic rings. The molecule has 0 saturated heterocycles. The highest BCUT2D eigenvalue weighted by Gasteiger charge is 2.18. The van der Waals surface area contributed by atoms with Crippen molar-refractivity contribution in [2.75, 3.05) is 0 Å². The topological polar surface area (TPSA) is 134 Å². The predicted octanol–water partition coefficient (Wildman–Crippen LogP) is 3.60. The molecule has 0 spiro atoms. The van der Waals surface area contributed by atoms with Gasteiger partial charge in [0.2, 0.25) is 0 Å². The number of esters is 2. The van der Waals surface area contributed by atoms with Crippen molar-refractivity contribution in [3.8, 4) is 34.5 Å². The van der Waals surface area contributed by atoms with Crippen LogP contribution in [0.5, 0.6) is 34.5 Å². The van der Waals surface area contributed by atoms with Gasteiger partial charge in [0.1, 0.15) is 0 Å². The van der Waals surface area contributed by atoms with E-state index >= 15 is 0 Å². The van der Waals surface area contributed by atoms with Crippen molar-refractivity contribution in [3.05, 3.63) is 70.7 Å². The lowest BCUT2D eigenvalue weighted by molar-refractivity contribution is 0.0682. The van der Waals surface area contributed by atoms with Crippen LogP contribution in [0.25, 0.3) is 0 Å². The molecule has 0 radical (unpaired) electrons. The molecule has 9 heteroatoms. The quantitative estimate of drug-likeness (QED) is 0.288. The van der Waals surface area contributed by atoms with E-state index < -0.39 is 34.9 Å². The third kappa shape index (κ3) is 4.50. The normalized spacial score (nSPS) is 10.4. The van der Waals surface area contributed by atoms with E-state index in [1.807, 2.05) is 0 Å². The van der Waals surface area contributed by atoms with E-state index in [0.717, 1.165) is 24.3 Å². The first-order valence-corrected chi connectivity index (χ1v) is 8.40. The molecule has 0 aliphatic heterocycles. The molecule has 148 valence electrons. The van der Waals surface area contributed by atoms with Gasteiger partial charge in [-0.2, -0.15) is 0 Å². The summed E-state index contributed by atoms with van der Waals surface area (Å²) in [7, 11) is 0. The monoisotopic (exact) mass is 416 g/mol. The molecule has 3 aromatic carbocycles. The minimum atomic E-state index is -0.901. The Hall–Kier alpha value is -3.91. The molecule has 8 nitrogen and oxygen atoms in total. The zero-order valence-electron chi connectivity index (χ0n) is 14.5. The fourth-order valence-corrected chi connectivity index (χ4v) is 2.43. The number of phenolic OH excluding ortho intramolecular Hbond substituents is 4. The van der Waals surface area contributed by atoms with Crippen molar-refractivity contribution in [1.29, 1.82) is 0 Å². The predicted molar refractivity (Wildman–Crippen MR) is 101 cm³/mol. The second-order valence-corrected chi connectivity index (χ2v) is 6.21. The van der Waals surface area contributed by atoms with Crippen LogP contribution in [-0.2, 0) is 0 Å². The van der Waals surface area contributed by atoms with E-state index in [0.29, 0.717) is 0 Å². The lowest BCUT2D eigenvalue weighted by Gasteiger charge is -2.11. The summed E-state index contributed by atoms with van der Waals surface area (Å²) in [4.78, 5) is 24.6. The zero-order valence-corrected chi connectivity index (χ0v) is 15.3. The first-order chi connectivity index (χ1) is 13.7. The summed E-state index contributed by atoms with van der Waals surface area (Å²) in [5.41, 5.74) is -0.128. The van der Waals surface area contributed by atoms with Crippen molar-refractivity contribution in [1.82, 2.24) is 0 Å². The van der Waals surface area contributed by atoms with E-state index in [9.17, 15) is 30.0 Å². The molecule has 0 heterocycles. The van der Waals surface area contributed by atoms with Crippen molar-refractivity contribution in [2.45, 2.75) is 0 Å². The number of aromatic hydroxyl groups is 4. The summed E-state index contributed by atoms with van der Waals surface area (Å²) in [5, 5.41) is 37.9. The first-order valence-electron chi connectivity index (χ1n) is 8.02. The second-order valence-electron chi connectivity index (χ2n) is 5.78. The Morgan fingerprint density at radius 3 is 1.59 bits per heavy atom. The van der Waals surface area contributed by atoms with Gasteiger partial charge in [-0.15, -0.1) is 0 Å². The maximum absolute atomic E-state index is 12.3. The van der Waals surface area contributed by atoms with Crippen LogP contribution in [0.15, 0.2) is 54.6 Å². The Morgan fingerprint density at radius 2 is 1.10 bits per heavy atom. The van der Waals surface area contributed by atoms with E-state index in [2.05, 4.69) is 0 Å². The van der Waals surface area contributed by atoms with Gasteiger partial charge in [-0.3, -0.25) is 0 Å². The standard InChI is InChI=1S/C20H13ClO8/c21-12-3-6-17(28-19(26)10-1-4-13(22)15(24)7-10)18(9-12)29-20(27)11-2-5-14(23)16(25)8-11/h1-9,22-25H. The third-order valence-electron chi connectivity index (χ3n) is 3.73. The molecule has 0 unspecified atom stereocenters. The highest BCUT2D eigenvalue weighted by molar-refractivity contribution is 6.30. The van der Waals surface area contributed by atoms with E-state index in [4.69, 9.17) is 21.1 Å². The Balaban J connectivity index is 1.85. The molecule has 4 N–H and O–H groups in total. The molecule has 0 atom stereocenters. The summed E-state index contributed by atoms with van der Waals surface area (Å²) in [6.45, 7) is 0. The lowest BCUT2D eigenvalue weighted by atomic mass is 10.2. The molecular formula is C20H13ClO8. The fourth-order valence-electron chi connectivity index (χ4n) is 2.26. The van der Waals surface area contributed by atoms with E-state index in [1.165, 1.54) is 30.3 Å². The molecule has 3 rings (SSSR count). The summed E-state index contributed by atoms with van der Waals surface area (Å²) < 4.78 is 10.4. The lowest BCUT2D eigenvalue weighted by Crippen LogP contribution is -2.12. The highest BCUT2D eigenvalue weighted by Crippen LogP contribution is 2.33. The molecule has 0 saturated carbocycles. The maximum atomic E-state index is 12.3. The van der Waals surface area contributed by atoms with Crippen LogP contribution >= 0.6 is 11.6 Å². The van der Waals surface area contributed by atoms with Crippen molar-refractivity contribution < 1.29 is 39.5 Å². The van der Waals surface area contributed by atoms with Crippen molar-refractivity contribution >= 4 is 23.5 Å². The molecule has 0 aliphatic rings. The molecule has 0 fully saturated rings. The van der Waals surface area contributed by atoms with Gasteiger partial charge in [-0.25, -0.2) is 9.59 Å². The second kappa shape index (κ2) is 7.99. The Morgan fingerprint density at radius 1 is 0.621 bits per heavy atom.